The molecule has 0 rings (SSSR count). The fourth-order valence-electron chi connectivity index (χ4n) is 1.08. The van der Waals surface area contributed by atoms with Crippen molar-refractivity contribution < 1.29 is 9.90 Å². The third-order valence-electron chi connectivity index (χ3n) is 1.86. The number of hydrogen-bond acceptors (Lipinski definition) is 2. The Hall–Kier alpha value is -0.570. The van der Waals surface area contributed by atoms with Crippen LogP contribution in [0, 0.1) is 0 Å². The lowest BCUT2D eigenvalue weighted by Crippen LogP contribution is -2.15. The largest absolute Gasteiger partial charge is 0.393 e. The first kappa shape index (κ1) is 11.4. The van der Waals surface area contributed by atoms with Gasteiger partial charge < -0.3 is 10.8 Å². The van der Waals surface area contributed by atoms with Crippen LogP contribution in [0.3, 0.4) is 0 Å². The van der Waals surface area contributed by atoms with Crippen LogP contribution < -0.4 is 5.73 Å². The number of carbonyl (C=O) groups excluding carboxylic acids is 1. The van der Waals surface area contributed by atoms with Gasteiger partial charge in [0.05, 0.1) is 6.10 Å². The van der Waals surface area contributed by atoms with Gasteiger partial charge in [0.1, 0.15) is 0 Å². The van der Waals surface area contributed by atoms with E-state index in [4.69, 9.17) is 5.73 Å². The molecule has 0 aromatic heterocycles. The first-order valence-corrected chi connectivity index (χ1v) is 4.63. The average molecular weight is 173 g/mol. The number of amides is 1. The summed E-state index contributed by atoms with van der Waals surface area (Å²) in [6.07, 6.45) is 4.60. The topological polar surface area (TPSA) is 63.3 Å². The normalized spacial score (nSPS) is 12.8. The van der Waals surface area contributed by atoms with Crippen LogP contribution in [-0.4, -0.2) is 17.1 Å². The predicted molar refractivity (Wildman–Crippen MR) is 48.6 cm³/mol. The number of rotatable bonds is 7. The molecule has 1 atom stereocenters. The fraction of sp³-hybridized carbons (Fsp3) is 0.889. The highest BCUT2D eigenvalue weighted by Crippen LogP contribution is 2.07. The van der Waals surface area contributed by atoms with Crippen LogP contribution in [0.25, 0.3) is 0 Å². The van der Waals surface area contributed by atoms with Crippen LogP contribution in [0.5, 0.6) is 0 Å². The molecule has 0 aliphatic carbocycles. The van der Waals surface area contributed by atoms with Gasteiger partial charge in [0.2, 0.25) is 5.91 Å². The first-order chi connectivity index (χ1) is 5.66. The van der Waals surface area contributed by atoms with E-state index in [-0.39, 0.29) is 12.0 Å². The van der Waals surface area contributed by atoms with E-state index < -0.39 is 0 Å². The van der Waals surface area contributed by atoms with Crippen molar-refractivity contribution in [3.8, 4) is 0 Å². The van der Waals surface area contributed by atoms with E-state index in [1.807, 2.05) is 0 Å². The van der Waals surface area contributed by atoms with Crippen molar-refractivity contribution >= 4 is 5.91 Å². The Morgan fingerprint density at radius 2 is 2.08 bits per heavy atom. The van der Waals surface area contributed by atoms with Crippen LogP contribution in [-0.2, 0) is 4.79 Å². The summed E-state index contributed by atoms with van der Waals surface area (Å²) in [5.74, 6) is -0.329. The summed E-state index contributed by atoms with van der Waals surface area (Å²) in [5, 5.41) is 9.32. The van der Waals surface area contributed by atoms with Gasteiger partial charge >= 0.3 is 0 Å². The van der Waals surface area contributed by atoms with E-state index in [0.717, 1.165) is 25.7 Å². The zero-order valence-electron chi connectivity index (χ0n) is 7.75. The molecule has 3 N–H and O–H groups in total. The first-order valence-electron chi connectivity index (χ1n) is 4.63. The second-order valence-electron chi connectivity index (χ2n) is 3.15. The van der Waals surface area contributed by atoms with E-state index in [1.165, 1.54) is 0 Å². The van der Waals surface area contributed by atoms with E-state index >= 15 is 0 Å². The second kappa shape index (κ2) is 7.10. The van der Waals surface area contributed by atoms with Crippen LogP contribution in [0.2, 0.25) is 0 Å². The molecule has 0 heterocycles. The number of unbranched alkanes of at least 4 members (excludes halogenated alkanes) is 2. The van der Waals surface area contributed by atoms with E-state index in [0.29, 0.717) is 12.8 Å². The van der Waals surface area contributed by atoms with Gasteiger partial charge in [-0.25, -0.2) is 0 Å². The monoisotopic (exact) mass is 173 g/mol. The lowest BCUT2D eigenvalue weighted by atomic mass is 10.1. The number of hydrogen-bond donors (Lipinski definition) is 2. The molecule has 12 heavy (non-hydrogen) atoms. The lowest BCUT2D eigenvalue weighted by Gasteiger charge is -2.07. The van der Waals surface area contributed by atoms with Crippen molar-refractivity contribution in [2.24, 2.45) is 5.73 Å². The third kappa shape index (κ3) is 7.54. The maximum absolute atomic E-state index is 10.3. The minimum atomic E-state index is -0.343. The molecular formula is C9H19NO2. The Morgan fingerprint density at radius 1 is 1.42 bits per heavy atom. The summed E-state index contributed by atoms with van der Waals surface area (Å²) >= 11 is 0. The number of primary amides is 1. The smallest absolute Gasteiger partial charge is 0.217 e. The van der Waals surface area contributed by atoms with Gasteiger partial charge in [-0.1, -0.05) is 26.2 Å². The van der Waals surface area contributed by atoms with Gasteiger partial charge in [-0.2, -0.15) is 0 Å². The van der Waals surface area contributed by atoms with Crippen molar-refractivity contribution in [2.45, 2.75) is 51.6 Å². The zero-order chi connectivity index (χ0) is 9.40. The van der Waals surface area contributed by atoms with Crippen LogP contribution in [0.15, 0.2) is 0 Å². The van der Waals surface area contributed by atoms with Gasteiger partial charge in [0, 0.05) is 6.42 Å². The van der Waals surface area contributed by atoms with Gasteiger partial charge in [-0.15, -0.1) is 0 Å². The number of carbonyl (C=O) groups is 1. The molecule has 0 saturated carbocycles. The lowest BCUT2D eigenvalue weighted by molar-refractivity contribution is -0.118. The van der Waals surface area contributed by atoms with Crippen LogP contribution in [0.1, 0.15) is 45.4 Å². The van der Waals surface area contributed by atoms with Gasteiger partial charge in [-0.05, 0) is 12.8 Å². The average Bonchev–Trinajstić information content (AvgIpc) is 2.01. The quantitative estimate of drug-likeness (QED) is 0.568. The number of nitrogens with two attached hydrogens (primary N) is 1. The van der Waals surface area contributed by atoms with Gasteiger partial charge in [0.15, 0.2) is 0 Å². The summed E-state index contributed by atoms with van der Waals surface area (Å²) < 4.78 is 0. The SMILES string of the molecule is CCCCCC(O)CCC(N)=O. The number of aliphatic hydroxyl groups excluding tert-OH is 1. The predicted octanol–water partition coefficient (Wildman–Crippen LogP) is 1.19. The van der Waals surface area contributed by atoms with E-state index in [9.17, 15) is 9.90 Å². The molecule has 0 saturated heterocycles. The molecule has 3 nitrogen and oxygen atoms in total. The molecule has 3 heteroatoms. The summed E-state index contributed by atoms with van der Waals surface area (Å²) in [5.41, 5.74) is 4.95. The molecule has 0 aromatic carbocycles. The summed E-state index contributed by atoms with van der Waals surface area (Å²) in [7, 11) is 0. The van der Waals surface area contributed by atoms with Crippen LogP contribution >= 0.6 is 0 Å². The Bertz CT molecular complexity index is 126. The summed E-state index contributed by atoms with van der Waals surface area (Å²) in [4.78, 5) is 10.3. The van der Waals surface area contributed by atoms with Crippen molar-refractivity contribution in [3.05, 3.63) is 0 Å². The van der Waals surface area contributed by atoms with Crippen LogP contribution in [0.4, 0.5) is 0 Å². The molecule has 0 aromatic rings. The Labute approximate surface area is 74.0 Å². The van der Waals surface area contributed by atoms with Crippen molar-refractivity contribution in [3.63, 3.8) is 0 Å². The Morgan fingerprint density at radius 3 is 2.58 bits per heavy atom. The standard InChI is InChI=1S/C9H19NO2/c1-2-3-4-5-8(11)6-7-9(10)12/h8,11H,2-7H2,1H3,(H2,10,12). The van der Waals surface area contributed by atoms with E-state index in [1.54, 1.807) is 0 Å². The molecule has 0 radical (unpaired) electrons. The summed E-state index contributed by atoms with van der Waals surface area (Å²) in [6.45, 7) is 2.12. The molecule has 0 fully saturated rings. The number of aliphatic hydroxyl groups is 1. The molecule has 0 aliphatic heterocycles. The Kier molecular flexibility index (Phi) is 6.76. The highest BCUT2D eigenvalue weighted by Gasteiger charge is 2.04. The van der Waals surface area contributed by atoms with Gasteiger partial charge in [0.25, 0.3) is 0 Å². The van der Waals surface area contributed by atoms with Gasteiger partial charge in [-0.3, -0.25) is 4.79 Å². The van der Waals surface area contributed by atoms with E-state index in [2.05, 4.69) is 6.92 Å². The van der Waals surface area contributed by atoms with Crippen molar-refractivity contribution in [1.29, 1.82) is 0 Å². The van der Waals surface area contributed by atoms with Crippen molar-refractivity contribution in [2.75, 3.05) is 0 Å². The van der Waals surface area contributed by atoms with Crippen molar-refractivity contribution in [1.82, 2.24) is 0 Å². The maximum Gasteiger partial charge on any atom is 0.217 e. The summed E-state index contributed by atoms with van der Waals surface area (Å²) in [6, 6.07) is 0. The third-order valence-corrected chi connectivity index (χ3v) is 1.86. The molecule has 0 spiro atoms. The highest BCUT2D eigenvalue weighted by molar-refractivity contribution is 5.73. The molecule has 0 aliphatic rings. The molecule has 0 bridgehead atoms. The fourth-order valence-corrected chi connectivity index (χ4v) is 1.08. The zero-order valence-corrected chi connectivity index (χ0v) is 7.75. The molecule has 1 unspecified atom stereocenters. The maximum atomic E-state index is 10.3. The second-order valence-corrected chi connectivity index (χ2v) is 3.15. The minimum absolute atomic E-state index is 0.299. The Balaban J connectivity index is 3.21. The molecule has 72 valence electrons. The molecule has 1 amide bonds. The molecular weight excluding hydrogens is 154 g/mol. The highest BCUT2D eigenvalue weighted by atomic mass is 16.3. The minimum Gasteiger partial charge on any atom is -0.393 e.